The molecule has 1 heterocycles. The number of halogens is 2. The van der Waals surface area contributed by atoms with Crippen molar-refractivity contribution >= 4 is 17.1 Å². The number of Topliss-reactive ketones (excluding diaryl/α,β-unsaturated/α-hetero) is 1. The zero-order valence-corrected chi connectivity index (χ0v) is 8.37. The lowest BCUT2D eigenvalue weighted by Gasteiger charge is -2.11. The smallest absolute Gasteiger partial charge is 0.288 e. The predicted molar refractivity (Wildman–Crippen MR) is 51.3 cm³/mol. The maximum absolute atomic E-state index is 12.2. The monoisotopic (exact) mass is 216 g/mol. The van der Waals surface area contributed by atoms with Gasteiger partial charge >= 0.3 is 6.43 Å². The van der Waals surface area contributed by atoms with Crippen molar-refractivity contribution in [3.63, 3.8) is 0 Å². The lowest BCUT2D eigenvalue weighted by Crippen LogP contribution is -2.13. The van der Waals surface area contributed by atoms with Crippen LogP contribution in [0.1, 0.15) is 33.6 Å². The van der Waals surface area contributed by atoms with E-state index in [1.165, 1.54) is 11.3 Å². The van der Waals surface area contributed by atoms with Crippen molar-refractivity contribution in [1.29, 1.82) is 0 Å². The molecular formula is C10H10F2OS. The van der Waals surface area contributed by atoms with Crippen molar-refractivity contribution in [3.8, 4) is 0 Å². The molecule has 1 aromatic rings. The van der Waals surface area contributed by atoms with E-state index in [9.17, 15) is 13.6 Å². The first-order valence-corrected chi connectivity index (χ1v) is 5.49. The van der Waals surface area contributed by atoms with Gasteiger partial charge in [-0.05, 0) is 31.2 Å². The Hall–Kier alpha value is -0.770. The standard InChI is InChI=1S/C10H10F2OS/c11-10(12)9(13)7-5-14-8-4-2-1-3-6(7)8/h5,10H,1-4H2. The molecule has 2 rings (SSSR count). The summed E-state index contributed by atoms with van der Waals surface area (Å²) in [4.78, 5) is 12.3. The Balaban J connectivity index is 2.35. The Morgan fingerprint density at radius 1 is 1.36 bits per heavy atom. The fourth-order valence-corrected chi connectivity index (χ4v) is 2.95. The molecule has 0 unspecified atom stereocenters. The van der Waals surface area contributed by atoms with Gasteiger partial charge < -0.3 is 0 Å². The van der Waals surface area contributed by atoms with Gasteiger partial charge in [-0.15, -0.1) is 11.3 Å². The van der Waals surface area contributed by atoms with Gasteiger partial charge in [0.25, 0.3) is 0 Å². The molecule has 76 valence electrons. The van der Waals surface area contributed by atoms with Crippen molar-refractivity contribution in [2.24, 2.45) is 0 Å². The molecule has 1 aliphatic carbocycles. The molecule has 0 fully saturated rings. The number of carbonyl (C=O) groups is 1. The highest BCUT2D eigenvalue weighted by Crippen LogP contribution is 2.31. The van der Waals surface area contributed by atoms with Crippen LogP contribution in [-0.4, -0.2) is 12.2 Å². The van der Waals surface area contributed by atoms with Crippen LogP contribution in [0.5, 0.6) is 0 Å². The number of ketones is 1. The van der Waals surface area contributed by atoms with E-state index in [2.05, 4.69) is 0 Å². The van der Waals surface area contributed by atoms with Crippen molar-refractivity contribution in [3.05, 3.63) is 21.4 Å². The average Bonchev–Trinajstić information content (AvgIpc) is 2.60. The quantitative estimate of drug-likeness (QED) is 0.694. The van der Waals surface area contributed by atoms with E-state index in [0.29, 0.717) is 0 Å². The summed E-state index contributed by atoms with van der Waals surface area (Å²) in [6.07, 6.45) is 0.974. The van der Waals surface area contributed by atoms with Gasteiger partial charge in [0, 0.05) is 15.8 Å². The molecule has 0 N–H and O–H groups in total. The number of fused-ring (bicyclic) bond motifs is 1. The molecule has 1 aliphatic rings. The lowest BCUT2D eigenvalue weighted by molar-refractivity contribution is 0.0678. The Morgan fingerprint density at radius 2 is 2.07 bits per heavy atom. The zero-order chi connectivity index (χ0) is 10.1. The normalized spacial score (nSPS) is 15.6. The van der Waals surface area contributed by atoms with Crippen LogP contribution in [0.25, 0.3) is 0 Å². The summed E-state index contributed by atoms with van der Waals surface area (Å²) in [5.74, 6) is -1.01. The first-order valence-electron chi connectivity index (χ1n) is 4.61. The van der Waals surface area contributed by atoms with Crippen molar-refractivity contribution in [2.45, 2.75) is 32.1 Å². The Bertz CT molecular complexity index is 357. The number of rotatable bonds is 2. The average molecular weight is 216 g/mol. The molecule has 0 amide bonds. The third kappa shape index (κ3) is 1.59. The van der Waals surface area contributed by atoms with Crippen LogP contribution in [0.2, 0.25) is 0 Å². The molecule has 0 bridgehead atoms. The second kappa shape index (κ2) is 3.77. The van der Waals surface area contributed by atoms with Gasteiger partial charge in [-0.25, -0.2) is 8.78 Å². The van der Waals surface area contributed by atoms with Gasteiger partial charge in [-0.3, -0.25) is 4.79 Å². The molecule has 4 heteroatoms. The van der Waals surface area contributed by atoms with E-state index in [1.54, 1.807) is 5.38 Å². The van der Waals surface area contributed by atoms with Gasteiger partial charge in [-0.1, -0.05) is 0 Å². The second-order valence-electron chi connectivity index (χ2n) is 3.42. The molecule has 0 saturated carbocycles. The van der Waals surface area contributed by atoms with Gasteiger partial charge in [0.15, 0.2) is 0 Å². The Labute approximate surface area is 84.7 Å². The Morgan fingerprint density at radius 3 is 2.79 bits per heavy atom. The van der Waals surface area contributed by atoms with Crippen molar-refractivity contribution in [1.82, 2.24) is 0 Å². The summed E-state index contributed by atoms with van der Waals surface area (Å²) < 4.78 is 24.4. The molecule has 0 spiro atoms. The van der Waals surface area contributed by atoms with Gasteiger partial charge in [0.2, 0.25) is 5.78 Å². The highest BCUT2D eigenvalue weighted by Gasteiger charge is 2.25. The number of alkyl halides is 2. The maximum Gasteiger partial charge on any atom is 0.300 e. The fourth-order valence-electron chi connectivity index (χ4n) is 1.82. The van der Waals surface area contributed by atoms with Gasteiger partial charge in [0.1, 0.15) is 0 Å². The van der Waals surface area contributed by atoms with Crippen LogP contribution < -0.4 is 0 Å². The third-order valence-electron chi connectivity index (χ3n) is 2.53. The molecule has 0 aromatic carbocycles. The minimum absolute atomic E-state index is 0.264. The van der Waals surface area contributed by atoms with Crippen LogP contribution in [0, 0.1) is 0 Å². The molecule has 1 nitrogen and oxygen atoms in total. The highest BCUT2D eigenvalue weighted by molar-refractivity contribution is 7.10. The SMILES string of the molecule is O=C(c1csc2c1CCCC2)C(F)F. The summed E-state index contributed by atoms with van der Waals surface area (Å²) in [5, 5.41) is 1.59. The summed E-state index contributed by atoms with van der Waals surface area (Å²) in [6, 6.07) is 0. The van der Waals surface area contributed by atoms with E-state index in [0.717, 1.165) is 36.1 Å². The topological polar surface area (TPSA) is 17.1 Å². The Kier molecular flexibility index (Phi) is 2.63. The maximum atomic E-state index is 12.2. The lowest BCUT2D eigenvalue weighted by atomic mass is 9.94. The fraction of sp³-hybridized carbons (Fsp3) is 0.500. The van der Waals surface area contributed by atoms with E-state index < -0.39 is 12.2 Å². The summed E-state index contributed by atoms with van der Waals surface area (Å²) in [6.45, 7) is 0. The van der Waals surface area contributed by atoms with Gasteiger partial charge in [-0.2, -0.15) is 0 Å². The first-order chi connectivity index (χ1) is 6.70. The number of thiophene rings is 1. The van der Waals surface area contributed by atoms with Crippen LogP contribution in [-0.2, 0) is 12.8 Å². The van der Waals surface area contributed by atoms with Gasteiger partial charge in [0.05, 0.1) is 0 Å². The number of aryl methyl sites for hydroxylation is 1. The molecule has 0 aliphatic heterocycles. The molecule has 0 radical (unpaired) electrons. The minimum Gasteiger partial charge on any atom is -0.288 e. The largest absolute Gasteiger partial charge is 0.300 e. The number of hydrogen-bond donors (Lipinski definition) is 0. The minimum atomic E-state index is -2.87. The molecule has 1 aromatic heterocycles. The van der Waals surface area contributed by atoms with Crippen molar-refractivity contribution in [2.75, 3.05) is 0 Å². The number of hydrogen-bond acceptors (Lipinski definition) is 2. The van der Waals surface area contributed by atoms with Crippen LogP contribution in [0.15, 0.2) is 5.38 Å². The van der Waals surface area contributed by atoms with Crippen molar-refractivity contribution < 1.29 is 13.6 Å². The molecule has 0 atom stereocenters. The zero-order valence-electron chi connectivity index (χ0n) is 7.56. The number of carbonyl (C=O) groups excluding carboxylic acids is 1. The van der Waals surface area contributed by atoms with Crippen LogP contribution in [0.4, 0.5) is 8.78 Å². The van der Waals surface area contributed by atoms with Crippen LogP contribution >= 0.6 is 11.3 Å². The first kappa shape index (κ1) is 9.77. The van der Waals surface area contributed by atoms with E-state index >= 15 is 0 Å². The van der Waals surface area contributed by atoms with E-state index in [-0.39, 0.29) is 5.56 Å². The van der Waals surface area contributed by atoms with Crippen LogP contribution in [0.3, 0.4) is 0 Å². The molecular weight excluding hydrogens is 206 g/mol. The summed E-state index contributed by atoms with van der Waals surface area (Å²) in [5.41, 5.74) is 1.14. The predicted octanol–water partition coefficient (Wildman–Crippen LogP) is 3.07. The van der Waals surface area contributed by atoms with E-state index in [4.69, 9.17) is 0 Å². The third-order valence-corrected chi connectivity index (χ3v) is 3.61. The summed E-state index contributed by atoms with van der Waals surface area (Å²) >= 11 is 1.44. The highest BCUT2D eigenvalue weighted by atomic mass is 32.1. The van der Waals surface area contributed by atoms with E-state index in [1.807, 2.05) is 0 Å². The molecule has 14 heavy (non-hydrogen) atoms. The summed E-state index contributed by atoms with van der Waals surface area (Å²) in [7, 11) is 0. The second-order valence-corrected chi connectivity index (χ2v) is 4.39. The molecule has 0 saturated heterocycles.